The van der Waals surface area contributed by atoms with Gasteiger partial charge in [0.2, 0.25) is 5.91 Å². The first kappa shape index (κ1) is 11.8. The Labute approximate surface area is 93.4 Å². The summed E-state index contributed by atoms with van der Waals surface area (Å²) in [4.78, 5) is 16.3. The lowest BCUT2D eigenvalue weighted by atomic mass is 10.3. The number of aryl methyl sites for hydroxylation is 2. The molecule has 82 valence electrons. The largest absolute Gasteiger partial charge is 0.273 e. The van der Waals surface area contributed by atoms with Crippen LogP contribution in [0.5, 0.6) is 0 Å². The molecule has 1 N–H and O–H groups in total. The van der Waals surface area contributed by atoms with Crippen LogP contribution in [0.1, 0.15) is 35.8 Å². The highest BCUT2D eigenvalue weighted by molar-refractivity contribution is 7.13. The van der Waals surface area contributed by atoms with Crippen LogP contribution in [0.4, 0.5) is 0 Å². The molecule has 0 unspecified atom stereocenters. The third kappa shape index (κ3) is 3.13. The van der Waals surface area contributed by atoms with Crippen LogP contribution in [-0.4, -0.2) is 16.6 Å². The van der Waals surface area contributed by atoms with Gasteiger partial charge in [0.1, 0.15) is 0 Å². The molecule has 0 radical (unpaired) electrons. The molecular formula is C10H15N3OS. The van der Waals surface area contributed by atoms with E-state index in [1.807, 2.05) is 20.8 Å². The van der Waals surface area contributed by atoms with Gasteiger partial charge in [-0.3, -0.25) is 4.79 Å². The van der Waals surface area contributed by atoms with Crippen LogP contribution in [0.25, 0.3) is 0 Å². The summed E-state index contributed by atoms with van der Waals surface area (Å²) in [7, 11) is 0. The molecular weight excluding hydrogens is 210 g/mol. The Morgan fingerprint density at radius 1 is 1.53 bits per heavy atom. The Morgan fingerprint density at radius 2 is 2.20 bits per heavy atom. The topological polar surface area (TPSA) is 54.4 Å². The number of nitrogens with one attached hydrogen (secondary N) is 1. The number of carbonyl (C=O) groups is 1. The minimum absolute atomic E-state index is 0.0757. The summed E-state index contributed by atoms with van der Waals surface area (Å²) in [5, 5.41) is 5.04. The Hall–Kier alpha value is -1.23. The third-order valence-corrected chi connectivity index (χ3v) is 3.08. The molecule has 0 aromatic carbocycles. The standard InChI is InChI=1S/C10H15N3OS/c1-5-9(14)13-12-7(3)10-6(2)11-8(4)15-10/h5H2,1-4H3,(H,13,14). The average molecular weight is 225 g/mol. The van der Waals surface area contributed by atoms with E-state index in [4.69, 9.17) is 0 Å². The molecule has 1 aromatic rings. The van der Waals surface area contributed by atoms with Crippen molar-refractivity contribution in [3.8, 4) is 0 Å². The van der Waals surface area contributed by atoms with Crippen molar-refractivity contribution in [3.63, 3.8) is 0 Å². The van der Waals surface area contributed by atoms with E-state index in [2.05, 4.69) is 15.5 Å². The van der Waals surface area contributed by atoms with E-state index < -0.39 is 0 Å². The van der Waals surface area contributed by atoms with Gasteiger partial charge in [0.05, 0.1) is 21.3 Å². The lowest BCUT2D eigenvalue weighted by Gasteiger charge is -1.99. The normalized spacial score (nSPS) is 11.6. The number of hydrazone groups is 1. The molecule has 5 heteroatoms. The molecule has 0 fully saturated rings. The molecule has 1 heterocycles. The van der Waals surface area contributed by atoms with Crippen LogP contribution in [0.3, 0.4) is 0 Å². The van der Waals surface area contributed by atoms with Crippen molar-refractivity contribution < 1.29 is 4.79 Å². The quantitative estimate of drug-likeness (QED) is 0.632. The predicted octanol–water partition coefficient (Wildman–Crippen LogP) is 2.01. The fraction of sp³-hybridized carbons (Fsp3) is 0.500. The monoisotopic (exact) mass is 225 g/mol. The molecule has 1 rings (SSSR count). The number of thiazole rings is 1. The van der Waals surface area contributed by atoms with Gasteiger partial charge in [-0.15, -0.1) is 11.3 Å². The van der Waals surface area contributed by atoms with E-state index >= 15 is 0 Å². The fourth-order valence-electron chi connectivity index (χ4n) is 1.14. The Kier molecular flexibility index (Phi) is 3.96. The Balaban J connectivity index is 2.80. The Bertz CT molecular complexity index is 395. The molecule has 0 aliphatic heterocycles. The number of rotatable bonds is 3. The minimum atomic E-state index is -0.0757. The first-order valence-corrected chi connectivity index (χ1v) is 5.63. The molecule has 0 spiro atoms. The van der Waals surface area contributed by atoms with Gasteiger partial charge in [-0.25, -0.2) is 10.4 Å². The van der Waals surface area contributed by atoms with Gasteiger partial charge in [0, 0.05) is 6.42 Å². The second-order valence-corrected chi connectivity index (χ2v) is 4.44. The average Bonchev–Trinajstić information content (AvgIpc) is 2.53. The van der Waals surface area contributed by atoms with Crippen molar-refractivity contribution in [2.75, 3.05) is 0 Å². The van der Waals surface area contributed by atoms with Crippen LogP contribution >= 0.6 is 11.3 Å². The van der Waals surface area contributed by atoms with E-state index in [1.165, 1.54) is 0 Å². The van der Waals surface area contributed by atoms with E-state index in [9.17, 15) is 4.79 Å². The van der Waals surface area contributed by atoms with Crippen LogP contribution in [0.15, 0.2) is 5.10 Å². The van der Waals surface area contributed by atoms with Gasteiger partial charge in [0.15, 0.2) is 0 Å². The number of nitrogens with zero attached hydrogens (tertiary/aromatic N) is 2. The molecule has 15 heavy (non-hydrogen) atoms. The minimum Gasteiger partial charge on any atom is -0.273 e. The summed E-state index contributed by atoms with van der Waals surface area (Å²) >= 11 is 1.59. The molecule has 1 amide bonds. The van der Waals surface area contributed by atoms with Gasteiger partial charge in [0.25, 0.3) is 0 Å². The smallest absolute Gasteiger partial charge is 0.239 e. The van der Waals surface area contributed by atoms with Crippen LogP contribution < -0.4 is 5.43 Å². The third-order valence-electron chi connectivity index (χ3n) is 1.90. The fourth-order valence-corrected chi connectivity index (χ4v) is 2.01. The summed E-state index contributed by atoms with van der Waals surface area (Å²) < 4.78 is 0. The zero-order valence-corrected chi connectivity index (χ0v) is 10.2. The highest BCUT2D eigenvalue weighted by Crippen LogP contribution is 2.17. The molecule has 0 saturated carbocycles. The van der Waals surface area contributed by atoms with E-state index in [0.717, 1.165) is 21.3 Å². The first-order valence-electron chi connectivity index (χ1n) is 4.82. The first-order chi connectivity index (χ1) is 7.04. The molecule has 0 atom stereocenters. The Morgan fingerprint density at radius 3 is 2.67 bits per heavy atom. The number of amides is 1. The highest BCUT2D eigenvalue weighted by atomic mass is 32.1. The van der Waals surface area contributed by atoms with Crippen molar-refractivity contribution in [1.82, 2.24) is 10.4 Å². The zero-order valence-electron chi connectivity index (χ0n) is 9.42. The lowest BCUT2D eigenvalue weighted by molar-refractivity contribution is -0.120. The molecule has 0 aliphatic rings. The predicted molar refractivity (Wildman–Crippen MR) is 62.2 cm³/mol. The lowest BCUT2D eigenvalue weighted by Crippen LogP contribution is -2.17. The van der Waals surface area contributed by atoms with Crippen molar-refractivity contribution in [2.24, 2.45) is 5.10 Å². The van der Waals surface area contributed by atoms with Crippen LogP contribution in [0.2, 0.25) is 0 Å². The van der Waals surface area contributed by atoms with Gasteiger partial charge in [-0.2, -0.15) is 5.10 Å². The summed E-state index contributed by atoms with van der Waals surface area (Å²) in [6.45, 7) is 7.57. The van der Waals surface area contributed by atoms with Crippen LogP contribution in [-0.2, 0) is 4.79 Å². The number of hydrogen-bond donors (Lipinski definition) is 1. The summed E-state index contributed by atoms with van der Waals surface area (Å²) in [5.74, 6) is -0.0757. The van der Waals surface area contributed by atoms with Gasteiger partial charge >= 0.3 is 0 Å². The van der Waals surface area contributed by atoms with Crippen molar-refractivity contribution in [3.05, 3.63) is 15.6 Å². The summed E-state index contributed by atoms with van der Waals surface area (Å²) in [6, 6.07) is 0. The summed E-state index contributed by atoms with van der Waals surface area (Å²) in [6.07, 6.45) is 0.442. The summed E-state index contributed by atoms with van der Waals surface area (Å²) in [5.41, 5.74) is 4.26. The maximum atomic E-state index is 11.0. The second-order valence-electron chi connectivity index (χ2n) is 3.23. The van der Waals surface area contributed by atoms with Crippen molar-refractivity contribution >= 4 is 23.0 Å². The molecule has 4 nitrogen and oxygen atoms in total. The highest BCUT2D eigenvalue weighted by Gasteiger charge is 2.07. The number of hydrogen-bond acceptors (Lipinski definition) is 4. The number of carbonyl (C=O) groups excluding carboxylic acids is 1. The van der Waals surface area contributed by atoms with E-state index in [0.29, 0.717) is 6.42 Å². The maximum absolute atomic E-state index is 11.0. The SMILES string of the molecule is CCC(=O)NN=C(C)c1sc(C)nc1C. The molecule has 1 aromatic heterocycles. The maximum Gasteiger partial charge on any atom is 0.239 e. The van der Waals surface area contributed by atoms with E-state index in [-0.39, 0.29) is 5.91 Å². The van der Waals surface area contributed by atoms with E-state index in [1.54, 1.807) is 18.3 Å². The van der Waals surface area contributed by atoms with Crippen molar-refractivity contribution in [2.45, 2.75) is 34.1 Å². The van der Waals surface area contributed by atoms with Crippen molar-refractivity contribution in [1.29, 1.82) is 0 Å². The van der Waals surface area contributed by atoms with Gasteiger partial charge in [-0.1, -0.05) is 6.92 Å². The second kappa shape index (κ2) is 5.02. The molecule has 0 saturated heterocycles. The van der Waals surface area contributed by atoms with Crippen LogP contribution in [0, 0.1) is 13.8 Å². The molecule has 0 aliphatic carbocycles. The van der Waals surface area contributed by atoms with Gasteiger partial charge in [-0.05, 0) is 20.8 Å². The zero-order chi connectivity index (χ0) is 11.4. The van der Waals surface area contributed by atoms with Gasteiger partial charge < -0.3 is 0 Å². The molecule has 0 bridgehead atoms. The number of aromatic nitrogens is 1.